The van der Waals surface area contributed by atoms with Gasteiger partial charge in [-0.05, 0) is 19.1 Å². The van der Waals surface area contributed by atoms with E-state index in [0.717, 1.165) is 0 Å². The molecule has 86 valence electrons. The van der Waals surface area contributed by atoms with Gasteiger partial charge in [-0.1, -0.05) is 28.5 Å². The van der Waals surface area contributed by atoms with Crippen molar-refractivity contribution in [3.8, 4) is 5.75 Å². The highest BCUT2D eigenvalue weighted by Gasteiger charge is 2.16. The fourth-order valence-corrected chi connectivity index (χ4v) is 1.80. The van der Waals surface area contributed by atoms with Gasteiger partial charge < -0.3 is 10.00 Å². The molecule has 2 atom stereocenters. The molecule has 0 bridgehead atoms. The van der Waals surface area contributed by atoms with Gasteiger partial charge in [0.25, 0.3) is 0 Å². The molecule has 0 aliphatic rings. The molecule has 5 nitrogen and oxygen atoms in total. The topological polar surface area (TPSA) is 82.0 Å². The second-order valence-corrected chi connectivity index (χ2v) is 4.19. The zero-order chi connectivity index (χ0) is 12.1. The van der Waals surface area contributed by atoms with Crippen molar-refractivity contribution in [1.82, 2.24) is 0 Å². The minimum absolute atomic E-state index is 0.214. The van der Waals surface area contributed by atoms with Gasteiger partial charge in [0.15, 0.2) is 6.04 Å². The normalized spacial score (nSPS) is 13.3. The Morgan fingerprint density at radius 2 is 2.25 bits per heavy atom. The van der Waals surface area contributed by atoms with Crippen molar-refractivity contribution in [2.24, 2.45) is 4.74 Å². The summed E-state index contributed by atoms with van der Waals surface area (Å²) >= 11 is 5.76. The van der Waals surface area contributed by atoms with E-state index in [9.17, 15) is 9.69 Å². The number of nitrogens with zero attached hydrogens (tertiary/aromatic N) is 1. The van der Waals surface area contributed by atoms with E-state index in [1.165, 1.54) is 13.0 Å². The first-order valence-electron chi connectivity index (χ1n) is 4.34. The summed E-state index contributed by atoms with van der Waals surface area (Å²) in [5.41, 5.74) is 0. The average molecular weight is 262 g/mol. The molecular formula is C9H9ClNO4P. The second-order valence-electron chi connectivity index (χ2n) is 2.89. The second kappa shape index (κ2) is 5.80. The molecule has 0 aliphatic carbocycles. The van der Waals surface area contributed by atoms with Crippen LogP contribution in [0, 0.1) is 0 Å². The maximum Gasteiger partial charge on any atom is 0.395 e. The smallest absolute Gasteiger partial charge is 0.395 e. The molecule has 0 saturated heterocycles. The van der Waals surface area contributed by atoms with Gasteiger partial charge in [-0.15, -0.1) is 0 Å². The third-order valence-electron chi connectivity index (χ3n) is 1.64. The molecule has 0 heterocycles. The van der Waals surface area contributed by atoms with Crippen LogP contribution in [0.1, 0.15) is 6.92 Å². The van der Waals surface area contributed by atoms with Crippen molar-refractivity contribution in [1.29, 1.82) is 0 Å². The summed E-state index contributed by atoms with van der Waals surface area (Å²) in [6.07, 6.45) is 0. The summed E-state index contributed by atoms with van der Waals surface area (Å²) in [4.78, 5) is 21.8. The van der Waals surface area contributed by atoms with Crippen LogP contribution in [0.3, 0.4) is 0 Å². The molecule has 1 unspecified atom stereocenters. The van der Waals surface area contributed by atoms with Crippen LogP contribution in [0.5, 0.6) is 5.75 Å². The zero-order valence-electron chi connectivity index (χ0n) is 8.33. The Balaban J connectivity index is 2.75. The summed E-state index contributed by atoms with van der Waals surface area (Å²) in [6.45, 7) is 1.31. The van der Waals surface area contributed by atoms with Gasteiger partial charge in [0.1, 0.15) is 0 Å². The third-order valence-corrected chi connectivity index (χ3v) is 2.84. The molecule has 0 amide bonds. The number of hydrogen-bond acceptors (Lipinski definition) is 4. The number of halogens is 1. The lowest BCUT2D eigenvalue weighted by molar-refractivity contribution is -0.169. The molecular weight excluding hydrogens is 253 g/mol. The Labute approximate surface area is 98.3 Å². The molecule has 7 heteroatoms. The maximum absolute atomic E-state index is 11.3. The van der Waals surface area contributed by atoms with E-state index in [0.29, 0.717) is 5.02 Å². The number of hydrogen-bond donors (Lipinski definition) is 1. The minimum atomic E-state index is -2.44. The largest absolute Gasteiger partial charge is 0.575 e. The SMILES string of the molecule is C[C@H](N=[P+]([O-])Oc1ccccc1Cl)C(=O)O. The highest BCUT2D eigenvalue weighted by Crippen LogP contribution is 2.30. The lowest BCUT2D eigenvalue weighted by atomic mass is 10.3. The van der Waals surface area contributed by atoms with Gasteiger partial charge in [-0.2, -0.15) is 0 Å². The summed E-state index contributed by atoms with van der Waals surface area (Å²) in [6, 6.07) is 5.37. The lowest BCUT2D eigenvalue weighted by Gasteiger charge is -2.01. The number of para-hydroxylation sites is 1. The summed E-state index contributed by atoms with van der Waals surface area (Å²) in [5.74, 6) is -0.947. The number of rotatable bonds is 4. The van der Waals surface area contributed by atoms with Crippen molar-refractivity contribution < 1.29 is 19.3 Å². The van der Waals surface area contributed by atoms with Crippen LogP contribution in [0.25, 0.3) is 0 Å². The molecule has 1 rings (SSSR count). The van der Waals surface area contributed by atoms with E-state index in [1.807, 2.05) is 0 Å². The van der Waals surface area contributed by atoms with Crippen molar-refractivity contribution in [3.63, 3.8) is 0 Å². The summed E-state index contributed by atoms with van der Waals surface area (Å²) in [7, 11) is -2.44. The van der Waals surface area contributed by atoms with Gasteiger partial charge in [-0.3, -0.25) is 4.52 Å². The van der Waals surface area contributed by atoms with Gasteiger partial charge in [-0.25, -0.2) is 4.79 Å². The van der Waals surface area contributed by atoms with E-state index >= 15 is 0 Å². The Hall–Kier alpha value is -1.16. The van der Waals surface area contributed by atoms with Crippen LogP contribution < -0.4 is 9.42 Å². The van der Waals surface area contributed by atoms with Crippen LogP contribution in [0.4, 0.5) is 0 Å². The first-order chi connectivity index (χ1) is 7.50. The quantitative estimate of drug-likeness (QED) is 0.841. The van der Waals surface area contributed by atoms with Gasteiger partial charge in [0.05, 0.1) is 5.02 Å². The predicted molar refractivity (Wildman–Crippen MR) is 58.5 cm³/mol. The number of carbonyl (C=O) groups is 1. The molecule has 1 aromatic rings. The molecule has 1 aromatic carbocycles. The zero-order valence-corrected chi connectivity index (χ0v) is 9.98. The summed E-state index contributed by atoms with van der Waals surface area (Å²) in [5, 5.41) is 8.84. The van der Waals surface area contributed by atoms with Crippen LogP contribution in [-0.2, 0) is 4.79 Å². The highest BCUT2D eigenvalue weighted by atomic mass is 35.5. The van der Waals surface area contributed by atoms with Gasteiger partial charge in [0, 0.05) is 0 Å². The standard InChI is InChI=1S/C9H9ClNO4P/c1-6(9(12)13)11-16(14)15-8-5-3-2-4-7(8)10/h2-6H,1H3,(H,12,13)/t6-/m0/s1. The van der Waals surface area contributed by atoms with E-state index in [4.69, 9.17) is 21.2 Å². The Bertz CT molecular complexity index is 424. The van der Waals surface area contributed by atoms with E-state index in [2.05, 4.69) is 4.74 Å². The molecule has 1 N–H and O–H groups in total. The fourth-order valence-electron chi connectivity index (χ4n) is 0.817. The van der Waals surface area contributed by atoms with Crippen molar-refractivity contribution in [2.75, 3.05) is 0 Å². The van der Waals surface area contributed by atoms with E-state index < -0.39 is 20.2 Å². The number of carboxylic acid groups (broad SMARTS) is 1. The molecule has 0 aliphatic heterocycles. The number of carboxylic acids is 1. The molecule has 0 fully saturated rings. The molecule has 0 saturated carbocycles. The van der Waals surface area contributed by atoms with E-state index in [-0.39, 0.29) is 5.75 Å². The van der Waals surface area contributed by atoms with Crippen molar-refractivity contribution >= 4 is 25.7 Å². The minimum Gasteiger partial charge on any atom is -0.575 e. The van der Waals surface area contributed by atoms with Crippen LogP contribution in [-0.4, -0.2) is 17.1 Å². The summed E-state index contributed by atoms with van der Waals surface area (Å²) < 4.78 is 8.35. The monoisotopic (exact) mass is 261 g/mol. The molecule has 16 heavy (non-hydrogen) atoms. The maximum atomic E-state index is 11.3. The Morgan fingerprint density at radius 1 is 1.62 bits per heavy atom. The first-order valence-corrected chi connectivity index (χ1v) is 5.85. The van der Waals surface area contributed by atoms with Gasteiger partial charge >= 0.3 is 14.1 Å². The predicted octanol–water partition coefficient (Wildman–Crippen LogP) is 2.05. The molecule has 0 radical (unpaired) electrons. The highest BCUT2D eigenvalue weighted by molar-refractivity contribution is 7.34. The third kappa shape index (κ3) is 3.77. The van der Waals surface area contributed by atoms with Crippen LogP contribution in [0.2, 0.25) is 5.02 Å². The van der Waals surface area contributed by atoms with Crippen LogP contribution in [0.15, 0.2) is 29.0 Å². The molecule has 0 aromatic heterocycles. The fraction of sp³-hybridized carbons (Fsp3) is 0.222. The number of benzene rings is 1. The number of aliphatic carboxylic acids is 1. The molecule has 0 spiro atoms. The van der Waals surface area contributed by atoms with Crippen molar-refractivity contribution in [2.45, 2.75) is 13.0 Å². The first kappa shape index (κ1) is 12.9. The van der Waals surface area contributed by atoms with E-state index in [1.54, 1.807) is 18.2 Å². The van der Waals surface area contributed by atoms with Gasteiger partial charge in [0.2, 0.25) is 5.75 Å². The Kier molecular flexibility index (Phi) is 4.68. The average Bonchev–Trinajstić information content (AvgIpc) is 2.21. The lowest BCUT2D eigenvalue weighted by Crippen LogP contribution is -2.13. The van der Waals surface area contributed by atoms with Crippen LogP contribution >= 0.6 is 19.8 Å². The Morgan fingerprint density at radius 3 is 2.81 bits per heavy atom. The van der Waals surface area contributed by atoms with Crippen molar-refractivity contribution in [3.05, 3.63) is 29.3 Å².